The second-order valence-corrected chi connectivity index (χ2v) is 7.38. The lowest BCUT2D eigenvalue weighted by Crippen LogP contribution is -2.52. The number of fused-ring (bicyclic) bond motifs is 2. The van der Waals surface area contributed by atoms with Crippen molar-refractivity contribution in [3.63, 3.8) is 0 Å². The third-order valence-corrected chi connectivity index (χ3v) is 5.73. The summed E-state index contributed by atoms with van der Waals surface area (Å²) >= 11 is 0. The molecule has 0 aliphatic carbocycles. The Hall–Kier alpha value is -2.89. The molecule has 6 nitrogen and oxygen atoms in total. The van der Waals surface area contributed by atoms with Gasteiger partial charge in [0, 0.05) is 37.7 Å². The van der Waals surface area contributed by atoms with Crippen molar-refractivity contribution in [2.24, 2.45) is 0 Å². The number of urea groups is 1. The minimum absolute atomic E-state index is 0.0834. The maximum Gasteiger partial charge on any atom is 0.321 e. The summed E-state index contributed by atoms with van der Waals surface area (Å²) in [6.07, 6.45) is 3.77. The van der Waals surface area contributed by atoms with E-state index < -0.39 is 0 Å². The Morgan fingerprint density at radius 1 is 0.963 bits per heavy atom. The number of amides is 2. The summed E-state index contributed by atoms with van der Waals surface area (Å²) in [6, 6.07) is 13.6. The average Bonchev–Trinajstić information content (AvgIpc) is 3.16. The number of nitrogens with one attached hydrogen (secondary N) is 1. The van der Waals surface area contributed by atoms with Gasteiger partial charge in [-0.2, -0.15) is 0 Å². The topological polar surface area (TPSA) is 60.0 Å². The fourth-order valence-electron chi connectivity index (χ4n) is 4.10. The van der Waals surface area contributed by atoms with Crippen molar-refractivity contribution in [1.82, 2.24) is 4.90 Å². The highest BCUT2D eigenvalue weighted by molar-refractivity contribution is 5.89. The first-order chi connectivity index (χ1) is 13.2. The number of para-hydroxylation sites is 1. The van der Waals surface area contributed by atoms with Gasteiger partial charge in [0.05, 0.1) is 0 Å². The van der Waals surface area contributed by atoms with Crippen LogP contribution in [0.1, 0.15) is 24.8 Å². The molecule has 140 valence electrons. The monoisotopic (exact) mass is 366 g/mol. The van der Waals surface area contributed by atoms with Gasteiger partial charge < -0.3 is 24.4 Å². The number of benzene rings is 2. The molecule has 0 saturated carbocycles. The third-order valence-electron chi connectivity index (χ3n) is 5.73. The number of carbonyl (C=O) groups excluding carboxylic acids is 1. The molecule has 3 aliphatic rings. The number of anilines is 1. The number of hydrogen-bond donors (Lipinski definition) is 1. The Morgan fingerprint density at radius 3 is 2.67 bits per heavy atom. The second-order valence-electron chi connectivity index (χ2n) is 7.38. The van der Waals surface area contributed by atoms with Crippen molar-refractivity contribution in [3.05, 3.63) is 48.0 Å². The minimum Gasteiger partial charge on any atom is -0.487 e. The quantitative estimate of drug-likeness (QED) is 0.834. The molecule has 1 saturated heterocycles. The van der Waals surface area contributed by atoms with E-state index in [1.165, 1.54) is 5.56 Å². The van der Waals surface area contributed by atoms with E-state index in [-0.39, 0.29) is 18.4 Å². The molecule has 0 aromatic heterocycles. The largest absolute Gasteiger partial charge is 0.487 e. The molecular weight excluding hydrogens is 344 g/mol. The van der Waals surface area contributed by atoms with E-state index in [0.29, 0.717) is 30.3 Å². The molecule has 0 radical (unpaired) electrons. The van der Waals surface area contributed by atoms with Crippen molar-refractivity contribution in [1.29, 1.82) is 0 Å². The maximum absolute atomic E-state index is 12.6. The second kappa shape index (κ2) is 6.37. The van der Waals surface area contributed by atoms with Crippen molar-refractivity contribution in [2.45, 2.75) is 31.3 Å². The van der Waals surface area contributed by atoms with Crippen LogP contribution in [0.5, 0.6) is 17.2 Å². The zero-order chi connectivity index (χ0) is 18.3. The number of piperidine rings is 1. The molecule has 0 bridgehead atoms. The summed E-state index contributed by atoms with van der Waals surface area (Å²) in [7, 11) is 0. The number of rotatable bonds is 1. The summed E-state index contributed by atoms with van der Waals surface area (Å²) < 4.78 is 17.0. The van der Waals surface area contributed by atoms with Crippen LogP contribution in [-0.4, -0.2) is 36.4 Å². The lowest BCUT2D eigenvalue weighted by molar-refractivity contribution is -0.00434. The molecule has 6 heteroatoms. The number of ether oxygens (including phenoxy) is 3. The van der Waals surface area contributed by atoms with Gasteiger partial charge in [0.1, 0.15) is 11.4 Å². The molecule has 1 spiro atoms. The van der Waals surface area contributed by atoms with E-state index in [9.17, 15) is 4.79 Å². The van der Waals surface area contributed by atoms with Crippen LogP contribution in [-0.2, 0) is 6.42 Å². The van der Waals surface area contributed by atoms with Gasteiger partial charge >= 0.3 is 6.03 Å². The van der Waals surface area contributed by atoms with Crippen molar-refractivity contribution in [2.75, 3.05) is 25.2 Å². The highest BCUT2D eigenvalue weighted by Crippen LogP contribution is 2.39. The van der Waals surface area contributed by atoms with E-state index in [0.717, 1.165) is 31.4 Å². The Bertz CT molecular complexity index is 874. The number of likely N-dealkylation sites (tertiary alicyclic amines) is 1. The van der Waals surface area contributed by atoms with Crippen LogP contribution in [0.15, 0.2) is 42.5 Å². The minimum atomic E-state index is -0.135. The average molecular weight is 366 g/mol. The first-order valence-electron chi connectivity index (χ1n) is 9.43. The SMILES string of the molecule is O=C(Nc1ccc2c(c1)OCO2)N1CCC2(CCc3ccccc3O2)CC1. The maximum atomic E-state index is 12.6. The standard InChI is InChI=1S/C21H22N2O4/c24-20(22-16-5-6-18-19(13-16)26-14-25-18)23-11-9-21(10-12-23)8-7-15-3-1-2-4-17(15)27-21/h1-6,13H,7-12,14H2,(H,22,24). The number of nitrogens with zero attached hydrogens (tertiary/aromatic N) is 1. The first kappa shape index (κ1) is 16.3. The van der Waals surface area contributed by atoms with Crippen LogP contribution < -0.4 is 19.5 Å². The van der Waals surface area contributed by atoms with Crippen LogP contribution in [0, 0.1) is 0 Å². The molecule has 0 atom stereocenters. The normalized spacial score (nSPS) is 19.3. The summed E-state index contributed by atoms with van der Waals surface area (Å²) in [5.74, 6) is 2.38. The van der Waals surface area contributed by atoms with Crippen LogP contribution in [0.4, 0.5) is 10.5 Å². The van der Waals surface area contributed by atoms with E-state index in [4.69, 9.17) is 14.2 Å². The summed E-state index contributed by atoms with van der Waals surface area (Å²) in [6.45, 7) is 1.61. The van der Waals surface area contributed by atoms with Gasteiger partial charge in [0.25, 0.3) is 0 Å². The van der Waals surface area contributed by atoms with Gasteiger partial charge in [-0.15, -0.1) is 0 Å². The van der Waals surface area contributed by atoms with E-state index in [1.807, 2.05) is 23.1 Å². The van der Waals surface area contributed by atoms with E-state index in [2.05, 4.69) is 23.5 Å². The van der Waals surface area contributed by atoms with Gasteiger partial charge in [-0.1, -0.05) is 18.2 Å². The van der Waals surface area contributed by atoms with Crippen LogP contribution in [0.3, 0.4) is 0 Å². The third kappa shape index (κ3) is 3.05. The summed E-state index contributed by atoms with van der Waals surface area (Å²) in [5.41, 5.74) is 1.86. The van der Waals surface area contributed by atoms with Crippen LogP contribution in [0.25, 0.3) is 0 Å². The van der Waals surface area contributed by atoms with Crippen molar-refractivity contribution < 1.29 is 19.0 Å². The van der Waals surface area contributed by atoms with Crippen LogP contribution >= 0.6 is 0 Å². The highest BCUT2D eigenvalue weighted by atomic mass is 16.7. The molecule has 3 heterocycles. The van der Waals surface area contributed by atoms with Gasteiger partial charge in [0.15, 0.2) is 11.5 Å². The summed E-state index contributed by atoms with van der Waals surface area (Å²) in [4.78, 5) is 14.5. The number of hydrogen-bond acceptors (Lipinski definition) is 4. The fourth-order valence-corrected chi connectivity index (χ4v) is 4.10. The lowest BCUT2D eigenvalue weighted by Gasteiger charge is -2.44. The molecule has 3 aliphatic heterocycles. The lowest BCUT2D eigenvalue weighted by atomic mass is 9.83. The Balaban J connectivity index is 1.21. The molecule has 5 rings (SSSR count). The summed E-state index contributed by atoms with van der Waals surface area (Å²) in [5, 5.41) is 2.96. The zero-order valence-corrected chi connectivity index (χ0v) is 15.1. The van der Waals surface area contributed by atoms with Gasteiger partial charge in [-0.05, 0) is 36.6 Å². The molecule has 27 heavy (non-hydrogen) atoms. The molecule has 0 unspecified atom stereocenters. The molecule has 2 aromatic rings. The highest BCUT2D eigenvalue weighted by Gasteiger charge is 2.40. The zero-order valence-electron chi connectivity index (χ0n) is 15.1. The van der Waals surface area contributed by atoms with E-state index in [1.54, 1.807) is 6.07 Å². The molecule has 2 amide bonds. The molecule has 1 fully saturated rings. The Labute approximate surface area is 158 Å². The predicted octanol–water partition coefficient (Wildman–Crippen LogP) is 3.81. The predicted molar refractivity (Wildman–Crippen MR) is 101 cm³/mol. The molecular formula is C21H22N2O4. The fraction of sp³-hybridized carbons (Fsp3) is 0.381. The van der Waals surface area contributed by atoms with Gasteiger partial charge in [-0.3, -0.25) is 0 Å². The van der Waals surface area contributed by atoms with E-state index >= 15 is 0 Å². The smallest absolute Gasteiger partial charge is 0.321 e. The first-order valence-corrected chi connectivity index (χ1v) is 9.43. The number of carbonyl (C=O) groups is 1. The Morgan fingerprint density at radius 2 is 1.78 bits per heavy atom. The number of aryl methyl sites for hydroxylation is 1. The van der Waals surface area contributed by atoms with Crippen molar-refractivity contribution >= 4 is 11.7 Å². The van der Waals surface area contributed by atoms with Gasteiger partial charge in [-0.25, -0.2) is 4.79 Å². The molecule has 1 N–H and O–H groups in total. The molecule has 2 aromatic carbocycles. The van der Waals surface area contributed by atoms with Crippen molar-refractivity contribution in [3.8, 4) is 17.2 Å². The van der Waals surface area contributed by atoms with Crippen LogP contribution in [0.2, 0.25) is 0 Å². The van der Waals surface area contributed by atoms with Gasteiger partial charge in [0.2, 0.25) is 6.79 Å². The Kier molecular flexibility index (Phi) is 3.85.